The Hall–Kier alpha value is -0.770. The minimum Gasteiger partial charge on any atom is -0.465 e. The van der Waals surface area contributed by atoms with Crippen LogP contribution in [-0.4, -0.2) is 23.3 Å². The van der Waals surface area contributed by atoms with E-state index < -0.39 is 6.09 Å². The molecule has 1 aliphatic rings. The molecule has 1 fully saturated rings. The van der Waals surface area contributed by atoms with E-state index in [1.807, 2.05) is 6.92 Å². The Balaban J connectivity index is 2.44. The van der Waals surface area contributed by atoms with Crippen LogP contribution in [0.5, 0.6) is 0 Å². The Morgan fingerprint density at radius 3 is 2.56 bits per heavy atom. The summed E-state index contributed by atoms with van der Waals surface area (Å²) in [5.41, 5.74) is 5.96. The number of nitrogens with one attached hydrogen (secondary N) is 1. The smallest absolute Gasteiger partial charge is 0.404 e. The molecule has 0 spiro atoms. The van der Waals surface area contributed by atoms with E-state index >= 15 is 0 Å². The molecule has 2 atom stereocenters. The van der Waals surface area contributed by atoms with Gasteiger partial charge in [0, 0.05) is 12.1 Å². The predicted octanol–water partition coefficient (Wildman–Crippen LogP) is 2.33. The highest BCUT2D eigenvalue weighted by atomic mass is 16.4. The largest absolute Gasteiger partial charge is 0.465 e. The van der Waals surface area contributed by atoms with E-state index in [-0.39, 0.29) is 12.1 Å². The zero-order valence-corrected chi connectivity index (χ0v) is 10.1. The maximum Gasteiger partial charge on any atom is 0.404 e. The topological polar surface area (TPSA) is 75.3 Å². The van der Waals surface area contributed by atoms with Crippen LogP contribution in [0.4, 0.5) is 4.79 Å². The first kappa shape index (κ1) is 13.3. The van der Waals surface area contributed by atoms with Gasteiger partial charge in [-0.3, -0.25) is 0 Å². The van der Waals surface area contributed by atoms with Gasteiger partial charge in [-0.05, 0) is 18.8 Å². The lowest BCUT2D eigenvalue weighted by Gasteiger charge is -2.29. The Kier molecular flexibility index (Phi) is 5.60. The summed E-state index contributed by atoms with van der Waals surface area (Å²) in [6, 6.07) is -0.136. The first-order valence-corrected chi connectivity index (χ1v) is 6.38. The molecule has 0 aromatic carbocycles. The predicted molar refractivity (Wildman–Crippen MR) is 64.4 cm³/mol. The van der Waals surface area contributed by atoms with Crippen LogP contribution < -0.4 is 11.1 Å². The number of nitrogens with two attached hydrogens (primary N) is 1. The Bertz CT molecular complexity index is 215. The van der Waals surface area contributed by atoms with E-state index in [1.165, 1.54) is 32.1 Å². The molecule has 0 radical (unpaired) electrons. The third kappa shape index (κ3) is 4.39. The molecule has 0 unspecified atom stereocenters. The summed E-state index contributed by atoms with van der Waals surface area (Å²) in [5, 5.41) is 11.4. The molecule has 94 valence electrons. The average Bonchev–Trinajstić information content (AvgIpc) is 2.28. The van der Waals surface area contributed by atoms with Gasteiger partial charge in [0.2, 0.25) is 0 Å². The molecule has 4 heteroatoms. The van der Waals surface area contributed by atoms with Crippen molar-refractivity contribution in [1.82, 2.24) is 5.32 Å². The monoisotopic (exact) mass is 228 g/mol. The van der Waals surface area contributed by atoms with Gasteiger partial charge in [0.1, 0.15) is 0 Å². The quantitative estimate of drug-likeness (QED) is 0.676. The molecule has 0 aromatic heterocycles. The number of rotatable bonds is 5. The van der Waals surface area contributed by atoms with Gasteiger partial charge in [-0.15, -0.1) is 0 Å². The van der Waals surface area contributed by atoms with Crippen molar-refractivity contribution in [3.05, 3.63) is 0 Å². The van der Waals surface area contributed by atoms with Crippen molar-refractivity contribution in [1.29, 1.82) is 0 Å². The van der Waals surface area contributed by atoms with Crippen LogP contribution in [0.15, 0.2) is 0 Å². The van der Waals surface area contributed by atoms with Gasteiger partial charge in [0.15, 0.2) is 0 Å². The highest BCUT2D eigenvalue weighted by Gasteiger charge is 2.23. The molecule has 1 rings (SSSR count). The summed E-state index contributed by atoms with van der Waals surface area (Å²) in [6.07, 6.45) is 7.12. The molecule has 1 aliphatic carbocycles. The van der Waals surface area contributed by atoms with Crippen molar-refractivity contribution in [3.63, 3.8) is 0 Å². The molecule has 1 amide bonds. The molecule has 0 aromatic rings. The number of carbonyl (C=O) groups is 1. The molecule has 0 aliphatic heterocycles. The minimum absolute atomic E-state index is 0.0574. The average molecular weight is 228 g/mol. The summed E-state index contributed by atoms with van der Waals surface area (Å²) in [7, 11) is 0. The summed E-state index contributed by atoms with van der Waals surface area (Å²) < 4.78 is 0. The SMILES string of the molecule is CC[C@@H](N)[C@H](CC1CCCCC1)NC(=O)O. The molecular formula is C12H24N2O2. The van der Waals surface area contributed by atoms with Gasteiger partial charge in [0.05, 0.1) is 0 Å². The fraction of sp³-hybridized carbons (Fsp3) is 0.917. The van der Waals surface area contributed by atoms with Crippen LogP contribution in [0, 0.1) is 5.92 Å². The van der Waals surface area contributed by atoms with E-state index in [2.05, 4.69) is 5.32 Å². The molecule has 0 heterocycles. The number of hydrogen-bond acceptors (Lipinski definition) is 2. The summed E-state index contributed by atoms with van der Waals surface area (Å²) in [5.74, 6) is 0.656. The second kappa shape index (κ2) is 6.74. The van der Waals surface area contributed by atoms with Gasteiger partial charge in [-0.1, -0.05) is 39.0 Å². The first-order chi connectivity index (χ1) is 7.63. The van der Waals surface area contributed by atoms with Crippen LogP contribution in [0.1, 0.15) is 51.9 Å². The van der Waals surface area contributed by atoms with Gasteiger partial charge >= 0.3 is 6.09 Å². The number of hydrogen-bond donors (Lipinski definition) is 3. The molecular weight excluding hydrogens is 204 g/mol. The standard InChI is InChI=1S/C12H24N2O2/c1-2-10(13)11(14-12(15)16)8-9-6-4-3-5-7-9/h9-11,14H,2-8,13H2,1H3,(H,15,16)/t10-,11+/m1/s1. The van der Waals surface area contributed by atoms with E-state index in [0.29, 0.717) is 5.92 Å². The lowest BCUT2D eigenvalue weighted by Crippen LogP contribution is -2.48. The van der Waals surface area contributed by atoms with Crippen molar-refractivity contribution in [2.24, 2.45) is 11.7 Å². The highest BCUT2D eigenvalue weighted by Crippen LogP contribution is 2.28. The zero-order valence-electron chi connectivity index (χ0n) is 10.1. The van der Waals surface area contributed by atoms with E-state index in [4.69, 9.17) is 10.8 Å². The molecule has 1 saturated carbocycles. The number of carboxylic acid groups (broad SMARTS) is 1. The molecule has 4 nitrogen and oxygen atoms in total. The van der Waals surface area contributed by atoms with Crippen molar-refractivity contribution < 1.29 is 9.90 Å². The highest BCUT2D eigenvalue weighted by molar-refractivity contribution is 5.64. The van der Waals surface area contributed by atoms with Crippen molar-refractivity contribution >= 4 is 6.09 Å². The minimum atomic E-state index is -0.954. The normalized spacial score (nSPS) is 21.4. The second-order valence-electron chi connectivity index (χ2n) is 4.87. The third-order valence-electron chi connectivity index (χ3n) is 3.61. The maximum atomic E-state index is 10.7. The van der Waals surface area contributed by atoms with Gasteiger partial charge < -0.3 is 16.2 Å². The lowest BCUT2D eigenvalue weighted by molar-refractivity contribution is 0.181. The molecule has 4 N–H and O–H groups in total. The van der Waals surface area contributed by atoms with Crippen LogP contribution in [0.2, 0.25) is 0 Å². The lowest BCUT2D eigenvalue weighted by atomic mass is 9.83. The Labute approximate surface area is 97.6 Å². The molecule has 16 heavy (non-hydrogen) atoms. The van der Waals surface area contributed by atoms with Crippen molar-refractivity contribution in [3.8, 4) is 0 Å². The van der Waals surface area contributed by atoms with E-state index in [9.17, 15) is 4.79 Å². The third-order valence-corrected chi connectivity index (χ3v) is 3.61. The number of amides is 1. The summed E-state index contributed by atoms with van der Waals surface area (Å²) in [6.45, 7) is 2.00. The van der Waals surface area contributed by atoms with Gasteiger partial charge in [0.25, 0.3) is 0 Å². The van der Waals surface area contributed by atoms with Crippen LogP contribution in [0.25, 0.3) is 0 Å². The fourth-order valence-electron chi connectivity index (χ4n) is 2.57. The van der Waals surface area contributed by atoms with Gasteiger partial charge in [-0.25, -0.2) is 4.79 Å². The zero-order chi connectivity index (χ0) is 12.0. The van der Waals surface area contributed by atoms with Crippen molar-refractivity contribution in [2.75, 3.05) is 0 Å². The Morgan fingerprint density at radius 2 is 2.06 bits per heavy atom. The summed E-state index contributed by atoms with van der Waals surface area (Å²) >= 11 is 0. The van der Waals surface area contributed by atoms with E-state index in [0.717, 1.165) is 12.8 Å². The first-order valence-electron chi connectivity index (χ1n) is 6.38. The molecule has 0 bridgehead atoms. The fourth-order valence-corrected chi connectivity index (χ4v) is 2.57. The van der Waals surface area contributed by atoms with Gasteiger partial charge in [-0.2, -0.15) is 0 Å². The molecule has 0 saturated heterocycles. The van der Waals surface area contributed by atoms with Crippen LogP contribution >= 0.6 is 0 Å². The van der Waals surface area contributed by atoms with Crippen LogP contribution in [0.3, 0.4) is 0 Å². The van der Waals surface area contributed by atoms with E-state index in [1.54, 1.807) is 0 Å². The van der Waals surface area contributed by atoms with Crippen molar-refractivity contribution in [2.45, 2.75) is 64.0 Å². The maximum absolute atomic E-state index is 10.7. The second-order valence-corrected chi connectivity index (χ2v) is 4.87. The van der Waals surface area contributed by atoms with Crippen LogP contribution in [-0.2, 0) is 0 Å². The summed E-state index contributed by atoms with van der Waals surface area (Å²) in [4.78, 5) is 10.7. The Morgan fingerprint density at radius 1 is 1.44 bits per heavy atom.